The molecule has 4 heterocycles. The van der Waals surface area contributed by atoms with Crippen LogP contribution in [0.25, 0.3) is 22.5 Å². The molecule has 0 bridgehead atoms. The highest BCUT2D eigenvalue weighted by atomic mass is 16.1. The monoisotopic (exact) mass is 477 g/mol. The van der Waals surface area contributed by atoms with Crippen molar-refractivity contribution in [3.63, 3.8) is 0 Å². The molecular weight excluding hydrogens is 450 g/mol. The van der Waals surface area contributed by atoms with Gasteiger partial charge in [-0.1, -0.05) is 24.3 Å². The Bertz CT molecular complexity index is 1720. The Labute approximate surface area is 208 Å². The standard InChI is InChI=1S/C28H27N7O/c1-17-5-4-6-18(2)23(17)35-25(36)21-14-30-26(32-24(21)34-12-11-29-27(34)35)31-20-7-8-22-19(13-20)15-33(3)16-28(22)9-10-28/h4-8,11-14H,9-10,15-16H2,1-3H3,(H,30,31,32). The van der Waals surface area contributed by atoms with Gasteiger partial charge in [-0.2, -0.15) is 4.98 Å². The van der Waals surface area contributed by atoms with E-state index < -0.39 is 0 Å². The van der Waals surface area contributed by atoms with Gasteiger partial charge in [0.25, 0.3) is 5.56 Å². The number of hydrogen-bond acceptors (Lipinski definition) is 6. The lowest BCUT2D eigenvalue weighted by Gasteiger charge is -2.32. The summed E-state index contributed by atoms with van der Waals surface area (Å²) in [6.45, 7) is 6.09. The zero-order valence-corrected chi connectivity index (χ0v) is 20.6. The molecule has 180 valence electrons. The van der Waals surface area contributed by atoms with E-state index in [1.54, 1.807) is 17.0 Å². The number of rotatable bonds is 3. The second kappa shape index (κ2) is 7.48. The van der Waals surface area contributed by atoms with Crippen LogP contribution >= 0.6 is 0 Å². The first-order chi connectivity index (χ1) is 17.4. The number of nitrogens with zero attached hydrogens (tertiary/aromatic N) is 6. The smallest absolute Gasteiger partial charge is 0.270 e. The summed E-state index contributed by atoms with van der Waals surface area (Å²) < 4.78 is 3.52. The number of para-hydroxylation sites is 1. The average Bonchev–Trinajstić information content (AvgIpc) is 3.42. The molecule has 2 aromatic carbocycles. The first-order valence-electron chi connectivity index (χ1n) is 12.3. The molecule has 0 atom stereocenters. The maximum Gasteiger partial charge on any atom is 0.270 e. The molecular formula is C28H27N7O. The van der Waals surface area contributed by atoms with Crippen molar-refractivity contribution in [2.24, 2.45) is 0 Å². The molecule has 0 saturated heterocycles. The van der Waals surface area contributed by atoms with Gasteiger partial charge in [0.15, 0.2) is 5.65 Å². The number of aromatic nitrogens is 5. The first kappa shape index (κ1) is 21.3. The van der Waals surface area contributed by atoms with Crippen LogP contribution in [0.15, 0.2) is 59.8 Å². The van der Waals surface area contributed by atoms with Crippen molar-refractivity contribution in [1.29, 1.82) is 0 Å². The van der Waals surface area contributed by atoms with Gasteiger partial charge < -0.3 is 10.2 Å². The minimum atomic E-state index is -0.181. The number of anilines is 2. The summed E-state index contributed by atoms with van der Waals surface area (Å²) >= 11 is 0. The highest BCUT2D eigenvalue weighted by molar-refractivity contribution is 5.78. The van der Waals surface area contributed by atoms with E-state index >= 15 is 0 Å². The summed E-state index contributed by atoms with van der Waals surface area (Å²) in [5.41, 5.74) is 7.35. The van der Waals surface area contributed by atoms with Crippen molar-refractivity contribution in [3.8, 4) is 5.69 Å². The molecule has 3 aromatic heterocycles. The van der Waals surface area contributed by atoms with Crippen molar-refractivity contribution in [1.82, 2.24) is 28.8 Å². The number of imidazole rings is 1. The molecule has 2 aliphatic rings. The van der Waals surface area contributed by atoms with Crippen LogP contribution in [0.5, 0.6) is 0 Å². The van der Waals surface area contributed by atoms with E-state index in [-0.39, 0.29) is 5.56 Å². The van der Waals surface area contributed by atoms with Gasteiger partial charge in [-0.25, -0.2) is 14.5 Å². The molecule has 1 fully saturated rings. The lowest BCUT2D eigenvalue weighted by Crippen LogP contribution is -2.35. The Kier molecular flexibility index (Phi) is 4.42. The molecule has 8 heteroatoms. The summed E-state index contributed by atoms with van der Waals surface area (Å²) in [5, 5.41) is 3.81. The molecule has 5 aromatic rings. The minimum Gasteiger partial charge on any atom is -0.324 e. The molecule has 1 aliphatic carbocycles. The van der Waals surface area contributed by atoms with E-state index in [0.29, 0.717) is 28.2 Å². The van der Waals surface area contributed by atoms with Crippen molar-refractivity contribution >= 4 is 28.4 Å². The second-order valence-corrected chi connectivity index (χ2v) is 10.4. The molecule has 8 nitrogen and oxygen atoms in total. The van der Waals surface area contributed by atoms with Gasteiger partial charge in [-0.3, -0.25) is 9.20 Å². The van der Waals surface area contributed by atoms with Crippen LogP contribution in [0.1, 0.15) is 35.1 Å². The van der Waals surface area contributed by atoms with Crippen molar-refractivity contribution in [2.75, 3.05) is 18.9 Å². The zero-order chi connectivity index (χ0) is 24.6. The largest absolute Gasteiger partial charge is 0.324 e. The van der Waals surface area contributed by atoms with Crippen molar-refractivity contribution < 1.29 is 0 Å². The predicted octanol–water partition coefficient (Wildman–Crippen LogP) is 4.27. The Balaban J connectivity index is 1.33. The zero-order valence-electron chi connectivity index (χ0n) is 20.6. The molecule has 0 unspecified atom stereocenters. The van der Waals surface area contributed by atoms with Crippen LogP contribution in [0.4, 0.5) is 11.6 Å². The number of benzene rings is 2. The van der Waals surface area contributed by atoms with Gasteiger partial charge in [0, 0.05) is 42.8 Å². The van der Waals surface area contributed by atoms with E-state index in [0.717, 1.165) is 35.6 Å². The van der Waals surface area contributed by atoms with Crippen LogP contribution < -0.4 is 10.9 Å². The van der Waals surface area contributed by atoms with Gasteiger partial charge in [0.2, 0.25) is 11.7 Å². The van der Waals surface area contributed by atoms with Crippen LogP contribution in [0, 0.1) is 13.8 Å². The van der Waals surface area contributed by atoms with Crippen molar-refractivity contribution in [2.45, 2.75) is 38.6 Å². The van der Waals surface area contributed by atoms with Crippen LogP contribution in [0.3, 0.4) is 0 Å². The lowest BCUT2D eigenvalue weighted by atomic mass is 9.87. The quantitative estimate of drug-likeness (QED) is 0.418. The van der Waals surface area contributed by atoms with Crippen LogP contribution in [-0.2, 0) is 12.0 Å². The molecule has 7 rings (SSSR count). The Morgan fingerprint density at radius 1 is 1.06 bits per heavy atom. The van der Waals surface area contributed by atoms with Gasteiger partial charge >= 0.3 is 0 Å². The predicted molar refractivity (Wildman–Crippen MR) is 140 cm³/mol. The number of likely N-dealkylation sites (N-methyl/N-ethyl adjacent to an activating group) is 1. The Morgan fingerprint density at radius 3 is 2.64 bits per heavy atom. The lowest BCUT2D eigenvalue weighted by molar-refractivity contribution is 0.271. The maximum absolute atomic E-state index is 13.7. The van der Waals surface area contributed by atoms with E-state index in [1.807, 2.05) is 42.6 Å². The SMILES string of the molecule is Cc1cccc(C)c1-n1c(=O)c2cnc(Nc3ccc4c(c3)CN(C)CC43CC3)nc2n2ccnc12. The third kappa shape index (κ3) is 3.10. The first-order valence-corrected chi connectivity index (χ1v) is 12.3. The van der Waals surface area contributed by atoms with Gasteiger partial charge in [0.1, 0.15) is 5.39 Å². The number of nitrogens with one attached hydrogen (secondary N) is 1. The van der Waals surface area contributed by atoms with Gasteiger partial charge in [-0.15, -0.1) is 0 Å². The molecule has 1 N–H and O–H groups in total. The normalized spacial score (nSPS) is 16.5. The highest BCUT2D eigenvalue weighted by Crippen LogP contribution is 2.52. The third-order valence-electron chi connectivity index (χ3n) is 7.71. The number of hydrogen-bond donors (Lipinski definition) is 1. The summed E-state index contributed by atoms with van der Waals surface area (Å²) in [7, 11) is 2.19. The fraction of sp³-hybridized carbons (Fsp3) is 0.286. The van der Waals surface area contributed by atoms with E-state index in [1.165, 1.54) is 24.0 Å². The van der Waals surface area contributed by atoms with E-state index in [9.17, 15) is 4.79 Å². The van der Waals surface area contributed by atoms with E-state index in [2.05, 4.69) is 45.4 Å². The topological polar surface area (TPSA) is 80.4 Å². The Morgan fingerprint density at radius 2 is 1.86 bits per heavy atom. The van der Waals surface area contributed by atoms with Gasteiger partial charge in [0.05, 0.1) is 5.69 Å². The summed E-state index contributed by atoms with van der Waals surface area (Å²) in [6, 6.07) is 12.6. The second-order valence-electron chi connectivity index (χ2n) is 10.4. The van der Waals surface area contributed by atoms with Gasteiger partial charge in [-0.05, 0) is 68.1 Å². The third-order valence-corrected chi connectivity index (χ3v) is 7.71. The molecule has 36 heavy (non-hydrogen) atoms. The molecule has 1 aliphatic heterocycles. The minimum absolute atomic E-state index is 0.181. The summed E-state index contributed by atoms with van der Waals surface area (Å²) in [4.78, 5) is 29.9. The molecule has 1 spiro atoms. The highest BCUT2D eigenvalue weighted by Gasteiger charge is 2.48. The summed E-state index contributed by atoms with van der Waals surface area (Å²) in [6.07, 6.45) is 7.68. The summed E-state index contributed by atoms with van der Waals surface area (Å²) in [5.74, 6) is 0.980. The molecule has 0 radical (unpaired) electrons. The van der Waals surface area contributed by atoms with Crippen molar-refractivity contribution in [3.05, 3.63) is 87.6 Å². The van der Waals surface area contributed by atoms with Crippen LogP contribution in [0.2, 0.25) is 0 Å². The fourth-order valence-corrected chi connectivity index (χ4v) is 5.94. The molecule has 0 amide bonds. The molecule has 1 saturated carbocycles. The maximum atomic E-state index is 13.7. The average molecular weight is 478 g/mol. The Hall–Kier alpha value is -4.04. The van der Waals surface area contributed by atoms with Crippen LogP contribution in [-0.4, -0.2) is 42.4 Å². The number of fused-ring (bicyclic) bond motifs is 5. The fourth-order valence-electron chi connectivity index (χ4n) is 5.94. The van der Waals surface area contributed by atoms with E-state index in [4.69, 9.17) is 4.98 Å². The number of aryl methyl sites for hydroxylation is 2.